The summed E-state index contributed by atoms with van der Waals surface area (Å²) in [4.78, 5) is 15.4. The van der Waals surface area contributed by atoms with Crippen molar-refractivity contribution in [1.82, 2.24) is 4.90 Å². The van der Waals surface area contributed by atoms with Gasteiger partial charge in [-0.2, -0.15) is 0 Å². The Balaban J connectivity index is 1.74. The topological polar surface area (TPSA) is 38.8 Å². The van der Waals surface area contributed by atoms with E-state index in [1.54, 1.807) is 12.0 Å². The Morgan fingerprint density at radius 1 is 1.25 bits per heavy atom. The lowest BCUT2D eigenvalue weighted by Crippen LogP contribution is -2.30. The van der Waals surface area contributed by atoms with Crippen molar-refractivity contribution in [2.45, 2.75) is 52.4 Å². The number of carbonyl (C=O) groups is 1. The summed E-state index contributed by atoms with van der Waals surface area (Å²) < 4.78 is 11.8. The number of carbonyl (C=O) groups excluding carboxylic acids is 1. The van der Waals surface area contributed by atoms with E-state index in [4.69, 9.17) is 21.7 Å². The first-order valence-corrected chi connectivity index (χ1v) is 11.3. The van der Waals surface area contributed by atoms with Gasteiger partial charge in [-0.05, 0) is 55.5 Å². The first-order valence-electron chi connectivity index (χ1n) is 10.1. The second kappa shape index (κ2) is 9.79. The Bertz CT molecular complexity index is 769. The minimum atomic E-state index is 0.0268. The van der Waals surface area contributed by atoms with E-state index < -0.39 is 0 Å². The normalized spacial score (nSPS) is 19.5. The average molecular weight is 420 g/mol. The summed E-state index contributed by atoms with van der Waals surface area (Å²) in [6.45, 7) is 5.24. The molecule has 6 heteroatoms. The molecule has 0 spiro atoms. The summed E-state index contributed by atoms with van der Waals surface area (Å²) in [5.74, 6) is 2.16. The van der Waals surface area contributed by atoms with Gasteiger partial charge in [-0.3, -0.25) is 9.69 Å². The lowest BCUT2D eigenvalue weighted by atomic mass is 9.87. The molecule has 152 valence electrons. The Kier molecular flexibility index (Phi) is 7.41. The zero-order chi connectivity index (χ0) is 20.1. The molecule has 2 aliphatic rings. The first kappa shape index (κ1) is 21.2. The van der Waals surface area contributed by atoms with Crippen LogP contribution in [0.2, 0.25) is 0 Å². The van der Waals surface area contributed by atoms with Crippen molar-refractivity contribution in [2.75, 3.05) is 20.3 Å². The lowest BCUT2D eigenvalue weighted by Gasteiger charge is -2.23. The third-order valence-electron chi connectivity index (χ3n) is 5.50. The number of thiocarbonyl (C=S) groups is 1. The summed E-state index contributed by atoms with van der Waals surface area (Å²) >= 11 is 6.90. The third-order valence-corrected chi connectivity index (χ3v) is 6.88. The van der Waals surface area contributed by atoms with Crippen molar-refractivity contribution in [1.29, 1.82) is 0 Å². The molecule has 4 nitrogen and oxygen atoms in total. The molecule has 1 aromatic carbocycles. The van der Waals surface area contributed by atoms with Gasteiger partial charge in [0.25, 0.3) is 5.91 Å². The van der Waals surface area contributed by atoms with Crippen LogP contribution >= 0.6 is 24.0 Å². The van der Waals surface area contributed by atoms with Gasteiger partial charge in [0.1, 0.15) is 4.32 Å². The molecule has 1 amide bonds. The second-order valence-electron chi connectivity index (χ2n) is 7.42. The van der Waals surface area contributed by atoms with Crippen LogP contribution in [0.15, 0.2) is 17.0 Å². The number of ether oxygens (including phenoxy) is 2. The van der Waals surface area contributed by atoms with Gasteiger partial charge < -0.3 is 9.47 Å². The second-order valence-corrected chi connectivity index (χ2v) is 9.09. The highest BCUT2D eigenvalue weighted by Crippen LogP contribution is 2.37. The number of amides is 1. The molecule has 1 saturated carbocycles. The molecule has 1 aliphatic carbocycles. The smallest absolute Gasteiger partial charge is 0.266 e. The van der Waals surface area contributed by atoms with Crippen molar-refractivity contribution in [3.05, 3.63) is 28.2 Å². The van der Waals surface area contributed by atoms with Crippen LogP contribution in [0.3, 0.4) is 0 Å². The van der Waals surface area contributed by atoms with Gasteiger partial charge in [0.2, 0.25) is 0 Å². The monoisotopic (exact) mass is 419 g/mol. The maximum atomic E-state index is 12.9. The molecule has 1 saturated heterocycles. The van der Waals surface area contributed by atoms with E-state index in [1.807, 2.05) is 32.1 Å². The molecule has 2 fully saturated rings. The number of aryl methyl sites for hydroxylation is 1. The molecule has 1 aromatic rings. The van der Waals surface area contributed by atoms with Crippen LogP contribution in [0.1, 0.15) is 56.6 Å². The van der Waals surface area contributed by atoms with Gasteiger partial charge in [-0.1, -0.05) is 56.1 Å². The standard InChI is InChI=1S/C22H29NO3S2/c1-4-26-19-13-17(15(2)12-18(19)25-3)14-20-21(24)23(22(27)28-20)11-10-16-8-6-5-7-9-16/h12-14,16H,4-11H2,1-3H3/b20-14+. The van der Waals surface area contributed by atoms with Crippen LogP contribution < -0.4 is 9.47 Å². The largest absolute Gasteiger partial charge is 0.493 e. The fraction of sp³-hybridized carbons (Fsp3) is 0.545. The van der Waals surface area contributed by atoms with Gasteiger partial charge in [0.05, 0.1) is 18.6 Å². The molecule has 0 bridgehead atoms. The van der Waals surface area contributed by atoms with Gasteiger partial charge in [-0.15, -0.1) is 0 Å². The number of hydrogen-bond acceptors (Lipinski definition) is 5. The highest BCUT2D eigenvalue weighted by atomic mass is 32.2. The van der Waals surface area contributed by atoms with Gasteiger partial charge in [0.15, 0.2) is 11.5 Å². The fourth-order valence-corrected chi connectivity index (χ4v) is 5.18. The summed E-state index contributed by atoms with van der Waals surface area (Å²) in [6, 6.07) is 3.88. The number of rotatable bonds is 7. The van der Waals surface area contributed by atoms with Gasteiger partial charge in [-0.25, -0.2) is 0 Å². The molecule has 1 heterocycles. The maximum absolute atomic E-state index is 12.9. The van der Waals surface area contributed by atoms with Crippen LogP contribution in [-0.2, 0) is 4.79 Å². The van der Waals surface area contributed by atoms with E-state index in [-0.39, 0.29) is 5.91 Å². The Morgan fingerprint density at radius 2 is 2.00 bits per heavy atom. The van der Waals surface area contributed by atoms with Crippen molar-refractivity contribution in [3.63, 3.8) is 0 Å². The van der Waals surface area contributed by atoms with Crippen molar-refractivity contribution >= 4 is 40.3 Å². The Morgan fingerprint density at radius 3 is 2.68 bits per heavy atom. The number of methoxy groups -OCH3 is 1. The molecular formula is C22H29NO3S2. The Labute approximate surface area is 177 Å². The quantitative estimate of drug-likeness (QED) is 0.426. The summed E-state index contributed by atoms with van der Waals surface area (Å²) in [5, 5.41) is 0. The van der Waals surface area contributed by atoms with Crippen molar-refractivity contribution in [2.24, 2.45) is 5.92 Å². The van der Waals surface area contributed by atoms with Crippen LogP contribution in [-0.4, -0.2) is 35.4 Å². The average Bonchev–Trinajstić information content (AvgIpc) is 2.96. The number of thioether (sulfide) groups is 1. The summed E-state index contributed by atoms with van der Waals surface area (Å²) in [7, 11) is 1.63. The molecule has 0 unspecified atom stereocenters. The summed E-state index contributed by atoms with van der Waals surface area (Å²) in [5.41, 5.74) is 1.99. The molecule has 28 heavy (non-hydrogen) atoms. The SMILES string of the molecule is CCOc1cc(/C=C2/SC(=S)N(CCC3CCCCC3)C2=O)c(C)cc1OC. The minimum Gasteiger partial charge on any atom is -0.493 e. The lowest BCUT2D eigenvalue weighted by molar-refractivity contribution is -0.122. The van der Waals surface area contributed by atoms with Crippen LogP contribution in [0.4, 0.5) is 0 Å². The highest BCUT2D eigenvalue weighted by molar-refractivity contribution is 8.26. The molecule has 0 aromatic heterocycles. The third kappa shape index (κ3) is 4.90. The summed E-state index contributed by atoms with van der Waals surface area (Å²) in [6.07, 6.45) is 9.55. The van der Waals surface area contributed by atoms with Crippen LogP contribution in [0, 0.1) is 12.8 Å². The van der Waals surface area contributed by atoms with Crippen LogP contribution in [0.25, 0.3) is 6.08 Å². The van der Waals surface area contributed by atoms with E-state index in [0.717, 1.165) is 30.0 Å². The molecule has 0 atom stereocenters. The van der Waals surface area contributed by atoms with Crippen molar-refractivity contribution < 1.29 is 14.3 Å². The molecule has 1 aliphatic heterocycles. The zero-order valence-electron chi connectivity index (χ0n) is 17.0. The van der Waals surface area contributed by atoms with Crippen LogP contribution in [0.5, 0.6) is 11.5 Å². The molecule has 3 rings (SSSR count). The molecule has 0 radical (unpaired) electrons. The number of hydrogen-bond donors (Lipinski definition) is 0. The predicted molar refractivity (Wildman–Crippen MR) is 120 cm³/mol. The van der Waals surface area contributed by atoms with E-state index in [2.05, 4.69) is 0 Å². The predicted octanol–water partition coefficient (Wildman–Crippen LogP) is 5.57. The van der Waals surface area contributed by atoms with E-state index in [1.165, 1.54) is 43.9 Å². The number of nitrogens with zero attached hydrogens (tertiary/aromatic N) is 1. The molecule has 0 N–H and O–H groups in total. The minimum absolute atomic E-state index is 0.0268. The maximum Gasteiger partial charge on any atom is 0.266 e. The zero-order valence-corrected chi connectivity index (χ0v) is 18.6. The van der Waals surface area contributed by atoms with Crippen molar-refractivity contribution in [3.8, 4) is 11.5 Å². The molecular weight excluding hydrogens is 390 g/mol. The van der Waals surface area contributed by atoms with Gasteiger partial charge in [0, 0.05) is 6.54 Å². The fourth-order valence-electron chi connectivity index (χ4n) is 3.88. The first-order chi connectivity index (χ1) is 13.5. The van der Waals surface area contributed by atoms with E-state index in [0.29, 0.717) is 27.3 Å². The van der Waals surface area contributed by atoms with E-state index in [9.17, 15) is 4.79 Å². The Hall–Kier alpha value is -1.53. The van der Waals surface area contributed by atoms with Gasteiger partial charge >= 0.3 is 0 Å². The van der Waals surface area contributed by atoms with E-state index >= 15 is 0 Å². The number of benzene rings is 1. The highest BCUT2D eigenvalue weighted by Gasteiger charge is 2.32.